The number of unbranched alkanes of at least 4 members (excludes halogenated alkanes) is 28. The highest BCUT2D eigenvalue weighted by atomic mass is 31.2. The van der Waals surface area contributed by atoms with E-state index in [1.807, 2.05) is 243 Å². The Labute approximate surface area is 782 Å². The molecule has 0 saturated carbocycles. The maximum atomic E-state index is 15.3. The van der Waals surface area contributed by atoms with E-state index in [0.717, 1.165) is 95.9 Å². The molecule has 2 fully saturated rings. The molecular formula is C110H150O20P-. The molecule has 0 amide bonds. The molecule has 8 aromatic rings. The Morgan fingerprint density at radius 3 is 0.832 bits per heavy atom. The first-order chi connectivity index (χ1) is 64.5. The van der Waals surface area contributed by atoms with E-state index in [1.165, 1.54) is 128 Å². The monoisotopic (exact) mass is 1820 g/mol. The van der Waals surface area contributed by atoms with Gasteiger partial charge in [0.25, 0.3) is 7.82 Å². The van der Waals surface area contributed by atoms with Gasteiger partial charge in [0.15, 0.2) is 18.7 Å². The summed E-state index contributed by atoms with van der Waals surface area (Å²) in [5.74, 6) is -1.07. The van der Waals surface area contributed by atoms with Crippen LogP contribution in [0.5, 0.6) is 0 Å². The maximum absolute atomic E-state index is 15.3. The summed E-state index contributed by atoms with van der Waals surface area (Å²) in [4.78, 5) is 43.0. The van der Waals surface area contributed by atoms with Crippen molar-refractivity contribution in [1.29, 1.82) is 0 Å². The number of carbonyl (C=O) groups is 2. The van der Waals surface area contributed by atoms with Gasteiger partial charge in [-0.05, 0) is 57.3 Å². The first-order valence-electron chi connectivity index (χ1n) is 49.2. The molecule has 131 heavy (non-hydrogen) atoms. The highest BCUT2D eigenvalue weighted by molar-refractivity contribution is 7.45. The molecule has 12 unspecified atom stereocenters. The minimum atomic E-state index is -5.61. The van der Waals surface area contributed by atoms with E-state index in [4.69, 9.17) is 75.4 Å². The van der Waals surface area contributed by atoms with Gasteiger partial charge in [-0.25, -0.2) is 0 Å². The third-order valence-electron chi connectivity index (χ3n) is 24.0. The molecular weight excluding hydrogens is 1670 g/mol. The van der Waals surface area contributed by atoms with Gasteiger partial charge in [0, 0.05) is 12.8 Å². The fourth-order valence-corrected chi connectivity index (χ4v) is 17.5. The van der Waals surface area contributed by atoms with Gasteiger partial charge in [-0.2, -0.15) is 0 Å². The summed E-state index contributed by atoms with van der Waals surface area (Å²) in [7, 11) is -5.61. The summed E-state index contributed by atoms with van der Waals surface area (Å²) in [6, 6.07) is 78.2. The molecule has 0 aromatic heterocycles. The van der Waals surface area contributed by atoms with Crippen molar-refractivity contribution in [2.45, 2.75) is 346 Å². The van der Waals surface area contributed by atoms with E-state index in [9.17, 15) is 9.59 Å². The lowest BCUT2D eigenvalue weighted by Crippen LogP contribution is -2.62. The summed E-state index contributed by atoms with van der Waals surface area (Å²) < 4.78 is 124. The number of esters is 2. The van der Waals surface area contributed by atoms with E-state index >= 15 is 9.46 Å². The zero-order valence-corrected chi connectivity index (χ0v) is 79.1. The number of hydrogen-bond acceptors (Lipinski definition) is 20. The number of carbonyl (C=O) groups excluding carboxylic acids is 2. The molecule has 2 heterocycles. The Bertz CT molecular complexity index is 4000. The van der Waals surface area contributed by atoms with Gasteiger partial charge in [-0.1, -0.05) is 436 Å². The van der Waals surface area contributed by atoms with Gasteiger partial charge in [0.1, 0.15) is 61.5 Å². The van der Waals surface area contributed by atoms with Crippen LogP contribution >= 0.6 is 7.82 Å². The van der Waals surface area contributed by atoms with Crippen LogP contribution in [0.15, 0.2) is 243 Å². The van der Waals surface area contributed by atoms with E-state index in [1.54, 1.807) is 0 Å². The molecule has 2 aliphatic rings. The van der Waals surface area contributed by atoms with E-state index in [-0.39, 0.29) is 78.9 Å². The molecule has 20 nitrogen and oxygen atoms in total. The maximum Gasteiger partial charge on any atom is 0.306 e. The van der Waals surface area contributed by atoms with Crippen molar-refractivity contribution >= 4 is 19.8 Å². The number of hydrogen-bond donors (Lipinski definition) is 0. The number of ether oxygens (including phenoxy) is 14. The van der Waals surface area contributed by atoms with Crippen LogP contribution in [0.1, 0.15) is 264 Å². The van der Waals surface area contributed by atoms with E-state index in [2.05, 4.69) is 13.8 Å². The Morgan fingerprint density at radius 1 is 0.290 bits per heavy atom. The average molecular weight is 1820 g/mol. The second kappa shape index (κ2) is 65.1. The Kier molecular flexibility index (Phi) is 52.4. The number of phosphoric acid groups is 1. The number of benzene rings is 8. The molecule has 0 aliphatic carbocycles. The van der Waals surface area contributed by atoms with Gasteiger partial charge in [-0.15, -0.1) is 0 Å². The minimum Gasteiger partial charge on any atom is -0.756 e. The van der Waals surface area contributed by atoms with Crippen molar-refractivity contribution in [2.24, 2.45) is 0 Å². The lowest BCUT2D eigenvalue weighted by atomic mass is 9.97. The lowest BCUT2D eigenvalue weighted by Gasteiger charge is -2.46. The molecule has 0 spiro atoms. The summed E-state index contributed by atoms with van der Waals surface area (Å²) in [5, 5.41) is 0. The van der Waals surface area contributed by atoms with Crippen LogP contribution in [-0.2, 0) is 142 Å². The quantitative estimate of drug-likeness (QED) is 0.0196. The Hall–Kier alpha value is -7.67. The normalized spacial score (nSPS) is 19.5. The summed E-state index contributed by atoms with van der Waals surface area (Å²) in [5.41, 5.74) is 7.09. The van der Waals surface area contributed by atoms with Crippen molar-refractivity contribution in [3.8, 4) is 0 Å². The standard InChI is InChI=1S/C110H151O20P/c1-3-5-7-9-11-13-15-17-19-21-23-25-27-29-55-73-101(111)117-83-97(127-102(112)74-56-30-28-26-24-22-20-18-16-14-12-10-8-6-4-2)86-126-131(113,114)130-98(84-124-109-107(122-81-95-69-51-37-52-70-95)105(120-79-93-65-47-35-48-66-93)103(118-77-91-61-43-33-44-62-91)99(128-109)87-115-75-89-57-39-31-40-58-89)85-125-110-108(123-82-96-71-53-38-54-72-96)106(121-80-94-67-49-36-50-68-94)104(119-78-92-63-45-34-46-64-92)100(129-110)88-116-76-90-59-41-32-42-60-90/h31-54,57-72,97-100,103-110H,3-30,55-56,73-88H2,1-2H3,(H,113,114)/p-1. The molecule has 21 heteroatoms. The van der Waals surface area contributed by atoms with Crippen LogP contribution in [0.4, 0.5) is 0 Å². The van der Waals surface area contributed by atoms with Gasteiger partial charge < -0.3 is 80.3 Å². The molecule has 0 bridgehead atoms. The summed E-state index contributed by atoms with van der Waals surface area (Å²) >= 11 is 0. The topological polar surface area (TPSA) is 222 Å². The van der Waals surface area contributed by atoms with Gasteiger partial charge in [0.2, 0.25) is 0 Å². The van der Waals surface area contributed by atoms with Crippen molar-refractivity contribution in [3.63, 3.8) is 0 Å². The van der Waals surface area contributed by atoms with Crippen LogP contribution in [-0.4, -0.2) is 125 Å². The highest BCUT2D eigenvalue weighted by Gasteiger charge is 2.52. The number of phosphoric ester groups is 1. The van der Waals surface area contributed by atoms with Crippen molar-refractivity contribution in [1.82, 2.24) is 0 Å². The second-order valence-electron chi connectivity index (χ2n) is 35.0. The van der Waals surface area contributed by atoms with E-state index in [0.29, 0.717) is 12.8 Å². The molecule has 2 aliphatic heterocycles. The van der Waals surface area contributed by atoms with Gasteiger partial charge in [-0.3, -0.25) is 14.2 Å². The predicted molar refractivity (Wildman–Crippen MR) is 510 cm³/mol. The third kappa shape index (κ3) is 43.3. The molecule has 12 atom stereocenters. The van der Waals surface area contributed by atoms with Crippen LogP contribution < -0.4 is 4.89 Å². The van der Waals surface area contributed by atoms with Crippen LogP contribution in [0.3, 0.4) is 0 Å². The molecule has 8 aromatic carbocycles. The fraction of sp³-hybridized carbons (Fsp3) is 0.545. The van der Waals surface area contributed by atoms with E-state index < -0.39 is 120 Å². The van der Waals surface area contributed by atoms with Crippen molar-refractivity contribution < 1.29 is 94.4 Å². The second-order valence-corrected chi connectivity index (χ2v) is 36.3. The highest BCUT2D eigenvalue weighted by Crippen LogP contribution is 2.42. The Balaban J connectivity index is 0.937. The molecule has 0 N–H and O–H groups in total. The largest absolute Gasteiger partial charge is 0.756 e. The third-order valence-corrected chi connectivity index (χ3v) is 25.0. The first kappa shape index (κ1) is 105. The van der Waals surface area contributed by atoms with Crippen LogP contribution in [0.2, 0.25) is 0 Å². The van der Waals surface area contributed by atoms with Crippen molar-refractivity contribution in [3.05, 3.63) is 287 Å². The molecule has 716 valence electrons. The fourth-order valence-electron chi connectivity index (χ4n) is 16.6. The van der Waals surface area contributed by atoms with Crippen molar-refractivity contribution in [2.75, 3.05) is 39.6 Å². The predicted octanol–water partition coefficient (Wildman–Crippen LogP) is 24.3. The Morgan fingerprint density at radius 2 is 0.542 bits per heavy atom. The summed E-state index contributed by atoms with van der Waals surface area (Å²) in [6.07, 6.45) is 22.0. The van der Waals surface area contributed by atoms with Crippen LogP contribution in [0, 0.1) is 0 Å². The molecule has 10 rings (SSSR count). The zero-order chi connectivity index (χ0) is 91.3. The molecule has 0 radical (unpaired) electrons. The van der Waals surface area contributed by atoms with Gasteiger partial charge >= 0.3 is 11.9 Å². The smallest absolute Gasteiger partial charge is 0.306 e. The summed E-state index contributed by atoms with van der Waals surface area (Å²) in [6.45, 7) is 3.25. The first-order valence-corrected chi connectivity index (χ1v) is 50.7. The average Bonchev–Trinajstić information content (AvgIpc) is 0.788. The minimum absolute atomic E-state index is 0.0132. The SMILES string of the molecule is CCCCCCCCCCCCCCCCCC(=O)OCC(COP(=O)([O-])OC(COC1OC(COCc2ccccc2)C(OCc2ccccc2)C(OCc2ccccc2)C1OCc1ccccc1)COC1OC(COCc2ccccc2)C(OCc2ccccc2)C(OCc2ccccc2)C1OCc1ccccc1)OC(=O)CCCCCCCCCCCCCCCCC. The molecule has 2 saturated heterocycles. The zero-order valence-electron chi connectivity index (χ0n) is 78.2. The van der Waals surface area contributed by atoms with Gasteiger partial charge in [0.05, 0.1) is 85.9 Å². The number of rotatable bonds is 72. The van der Waals surface area contributed by atoms with Crippen LogP contribution in [0.25, 0.3) is 0 Å². The lowest BCUT2D eigenvalue weighted by molar-refractivity contribution is -0.339.